The van der Waals surface area contributed by atoms with Gasteiger partial charge >= 0.3 is 0 Å². The van der Waals surface area contributed by atoms with Crippen LogP contribution in [0.3, 0.4) is 0 Å². The molecule has 0 amide bonds. The summed E-state index contributed by atoms with van der Waals surface area (Å²) in [4.78, 5) is 0. The SMILES string of the molecule is CO[C@@H]1C(O)[C@H](O[C@@H]2C(O)[C@H](O[C@@H]3C(O)[C@H](O[C@@H]4C(O)[C@H](O[C@@H]5C(O)[C@H](C)OC(CO)[C@H]5O)OC(CO[C@@H]5OC(CO)[C@@H](O)[C@H](O)C5O)[C@H]4O)OC(CO)[C@H]3O)OC(CO[C@@H]3OC(CO)[C@@H](O)[C@H](O)C3O)[C@H]2O)OC(CO)[C@H]1O. The van der Waals surface area contributed by atoms with E-state index in [1.165, 1.54) is 6.92 Å². The van der Waals surface area contributed by atoms with Gasteiger partial charge in [0, 0.05) is 7.11 Å². The third kappa shape index (κ3) is 13.7. The maximum Gasteiger partial charge on any atom is 0.187 e. The minimum atomic E-state index is -2.35. The van der Waals surface area contributed by atoms with Crippen molar-refractivity contribution in [2.45, 2.75) is 222 Å². The summed E-state index contributed by atoms with van der Waals surface area (Å²) in [5.41, 5.74) is 0. The summed E-state index contributed by atoms with van der Waals surface area (Å²) >= 11 is 0. The van der Waals surface area contributed by atoms with Gasteiger partial charge in [0.1, 0.15) is 171 Å². The maximum atomic E-state index is 11.9. The Hall–Kier alpha value is -1.40. The molecule has 0 bridgehead atoms. The molecule has 21 N–H and O–H groups in total. The molecule has 0 aromatic carbocycles. The highest BCUT2D eigenvalue weighted by atomic mass is 16.8. The molecular weight excluding hydrogens is 1090 g/mol. The van der Waals surface area contributed by atoms with E-state index in [1.54, 1.807) is 0 Å². The molecule has 7 rings (SSSR count). The topological polar surface area (TPSA) is 554 Å². The Kier molecular flexibility index (Phi) is 23.3. The van der Waals surface area contributed by atoms with Gasteiger partial charge in [-0.05, 0) is 6.92 Å². The number of hydrogen-bond donors (Lipinski definition) is 21. The fourth-order valence-electron chi connectivity index (χ4n) is 10.2. The van der Waals surface area contributed by atoms with Crippen molar-refractivity contribution < 1.29 is 174 Å². The molecule has 462 valence electrons. The molecule has 0 saturated carbocycles. The van der Waals surface area contributed by atoms with Gasteiger partial charge in [0.05, 0.1) is 52.4 Å². The molecule has 14 unspecified atom stereocenters. The molecule has 35 heteroatoms. The molecule has 7 aliphatic heterocycles. The van der Waals surface area contributed by atoms with Crippen LogP contribution in [0.1, 0.15) is 6.92 Å². The summed E-state index contributed by atoms with van der Waals surface area (Å²) in [6.07, 6.45) is -65.7. The fraction of sp³-hybridized carbons (Fsp3) is 1.00. The highest BCUT2D eigenvalue weighted by molar-refractivity contribution is 5.01. The van der Waals surface area contributed by atoms with Crippen LogP contribution in [0, 0.1) is 0 Å². The second-order valence-corrected chi connectivity index (χ2v) is 20.2. The predicted molar refractivity (Wildman–Crippen MR) is 240 cm³/mol. The van der Waals surface area contributed by atoms with Crippen LogP contribution >= 0.6 is 0 Å². The summed E-state index contributed by atoms with van der Waals surface area (Å²) in [6, 6.07) is 0. The normalized spacial score (nSPS) is 53.0. The predicted octanol–water partition coefficient (Wildman–Crippen LogP) is -14.6. The van der Waals surface area contributed by atoms with Crippen molar-refractivity contribution in [3.05, 3.63) is 0 Å². The van der Waals surface area contributed by atoms with E-state index in [0.29, 0.717) is 0 Å². The molecule has 7 saturated heterocycles. The van der Waals surface area contributed by atoms with E-state index in [-0.39, 0.29) is 0 Å². The quantitative estimate of drug-likeness (QED) is 0.0538. The second-order valence-electron chi connectivity index (χ2n) is 20.2. The summed E-state index contributed by atoms with van der Waals surface area (Å²) < 4.78 is 79.1. The first kappa shape index (κ1) is 65.1. The first-order valence-corrected chi connectivity index (χ1v) is 25.4. The van der Waals surface area contributed by atoms with Crippen LogP contribution in [0.4, 0.5) is 0 Å². The van der Waals surface area contributed by atoms with Crippen LogP contribution in [0.2, 0.25) is 0 Å². The first-order chi connectivity index (χ1) is 37.5. The number of aliphatic hydroxyl groups is 21. The Labute approximate surface area is 448 Å². The average molecular weight is 1170 g/mol. The lowest BCUT2D eigenvalue weighted by Crippen LogP contribution is -2.68. The van der Waals surface area contributed by atoms with Crippen molar-refractivity contribution in [3.8, 4) is 0 Å². The van der Waals surface area contributed by atoms with Crippen molar-refractivity contribution in [1.29, 1.82) is 0 Å². The summed E-state index contributed by atoms with van der Waals surface area (Å²) in [6.45, 7) is -4.88. The van der Waals surface area contributed by atoms with E-state index in [2.05, 4.69) is 0 Å². The van der Waals surface area contributed by atoms with E-state index in [9.17, 15) is 107 Å². The van der Waals surface area contributed by atoms with Gasteiger partial charge in [0.25, 0.3) is 0 Å². The molecule has 0 radical (unpaired) electrons. The average Bonchev–Trinajstić information content (AvgIpc) is 3.51. The Balaban J connectivity index is 1.15. The van der Waals surface area contributed by atoms with Crippen LogP contribution in [0.25, 0.3) is 0 Å². The molecule has 0 aliphatic carbocycles. The number of methoxy groups -OCH3 is 1. The summed E-state index contributed by atoms with van der Waals surface area (Å²) in [5, 5.41) is 227. The lowest BCUT2D eigenvalue weighted by Gasteiger charge is -2.50. The molecule has 0 aromatic heterocycles. The number of aliphatic hydroxyl groups excluding tert-OH is 21. The van der Waals surface area contributed by atoms with Gasteiger partial charge in [-0.1, -0.05) is 0 Å². The smallest absolute Gasteiger partial charge is 0.187 e. The first-order valence-electron chi connectivity index (χ1n) is 25.4. The molecule has 79 heavy (non-hydrogen) atoms. The minimum Gasteiger partial charge on any atom is -0.394 e. The fourth-order valence-corrected chi connectivity index (χ4v) is 10.2. The third-order valence-electron chi connectivity index (χ3n) is 15.0. The van der Waals surface area contributed by atoms with Crippen molar-refractivity contribution in [1.82, 2.24) is 0 Å². The molecule has 7 heterocycles. The van der Waals surface area contributed by atoms with Crippen molar-refractivity contribution >= 4 is 0 Å². The Morgan fingerprint density at radius 2 is 0.519 bits per heavy atom. The molecule has 35 nitrogen and oxygen atoms in total. The lowest BCUT2D eigenvalue weighted by atomic mass is 9.94. The summed E-state index contributed by atoms with van der Waals surface area (Å²) in [7, 11) is 1.10. The van der Waals surface area contributed by atoms with Gasteiger partial charge in [-0.2, -0.15) is 0 Å². The molecule has 35 atom stereocenters. The van der Waals surface area contributed by atoms with Crippen LogP contribution in [0.15, 0.2) is 0 Å². The second kappa shape index (κ2) is 28.2. The lowest BCUT2D eigenvalue weighted by molar-refractivity contribution is -0.397. The molecule has 0 spiro atoms. The van der Waals surface area contributed by atoms with E-state index in [0.717, 1.165) is 7.11 Å². The van der Waals surface area contributed by atoms with E-state index < -0.39 is 261 Å². The minimum absolute atomic E-state index is 0.777. The van der Waals surface area contributed by atoms with Crippen LogP contribution in [0.5, 0.6) is 0 Å². The highest BCUT2D eigenvalue weighted by Crippen LogP contribution is 2.37. The Morgan fingerprint density at radius 3 is 0.848 bits per heavy atom. The third-order valence-corrected chi connectivity index (χ3v) is 15.0. The van der Waals surface area contributed by atoms with Gasteiger partial charge < -0.3 is 174 Å². The summed E-state index contributed by atoms with van der Waals surface area (Å²) in [5.74, 6) is 0. The zero-order valence-corrected chi connectivity index (χ0v) is 42.3. The van der Waals surface area contributed by atoms with Crippen LogP contribution in [-0.4, -0.2) is 375 Å². The molecule has 0 aromatic rings. The monoisotopic (exact) mass is 1160 g/mol. The zero-order valence-electron chi connectivity index (χ0n) is 42.3. The van der Waals surface area contributed by atoms with E-state index in [1.807, 2.05) is 0 Å². The van der Waals surface area contributed by atoms with Gasteiger partial charge in [0.2, 0.25) is 0 Å². The van der Waals surface area contributed by atoms with Gasteiger partial charge in [-0.15, -0.1) is 0 Å². The molecule has 7 aliphatic rings. The number of hydrogen-bond acceptors (Lipinski definition) is 35. The largest absolute Gasteiger partial charge is 0.394 e. The standard InChI is InChI=1S/C44H76O35/c1-10-18(50)35(22(54)13(5-47)69-10)76-43-32(64)38(25(57)16(74-43)8-67-39-28(60)26(58)19(51)11(3-45)70-39)79-42-31(63)36(23(55)15(7-49)73-42)77-44-33(65)37(78-41-30(62)34(66-2)21(53)14(6-48)72-41)24(56)17(75-44)9-68-40-29(61)27(59)20(52)12(4-46)71-40/h10-65H,3-9H2,1-2H3/t10-,11?,12?,13?,14?,15?,16?,17?,18?,19+,20+,21+,22+,23+,24+,25+,26-,27-,28?,29?,30?,31?,32?,33?,34-,35+,36-,37-,38-,39+,40+,41-,42-,43-,44-/m0/s1. The zero-order chi connectivity index (χ0) is 58.1. The van der Waals surface area contributed by atoms with E-state index in [4.69, 9.17) is 66.3 Å². The van der Waals surface area contributed by atoms with Crippen LogP contribution in [-0.2, 0) is 66.3 Å². The molecule has 7 fully saturated rings. The van der Waals surface area contributed by atoms with Crippen molar-refractivity contribution in [2.24, 2.45) is 0 Å². The number of ether oxygens (including phenoxy) is 14. The van der Waals surface area contributed by atoms with Gasteiger partial charge in [-0.25, -0.2) is 0 Å². The van der Waals surface area contributed by atoms with Crippen molar-refractivity contribution in [3.63, 3.8) is 0 Å². The van der Waals surface area contributed by atoms with Crippen molar-refractivity contribution in [2.75, 3.05) is 53.4 Å². The molecular formula is C44H76O35. The van der Waals surface area contributed by atoms with Gasteiger partial charge in [0.15, 0.2) is 37.7 Å². The van der Waals surface area contributed by atoms with E-state index >= 15 is 0 Å². The Bertz CT molecular complexity index is 1830. The van der Waals surface area contributed by atoms with Gasteiger partial charge in [-0.3, -0.25) is 0 Å². The Morgan fingerprint density at radius 1 is 0.266 bits per heavy atom. The highest BCUT2D eigenvalue weighted by Gasteiger charge is 2.58. The van der Waals surface area contributed by atoms with Crippen LogP contribution < -0.4 is 0 Å². The number of rotatable bonds is 20. The maximum absolute atomic E-state index is 11.9.